The monoisotopic (exact) mass is 182 g/mol. The van der Waals surface area contributed by atoms with Crippen molar-refractivity contribution in [2.45, 2.75) is 6.61 Å². The van der Waals surface area contributed by atoms with Gasteiger partial charge in [-0.3, -0.25) is 0 Å². The molecular weight excluding hydrogens is 176 g/mol. The predicted octanol–water partition coefficient (Wildman–Crippen LogP) is 2.34. The number of ether oxygens (including phenoxy) is 1. The molecule has 0 amide bonds. The summed E-state index contributed by atoms with van der Waals surface area (Å²) in [5.74, 6) is -0.134. The molecule has 13 heavy (non-hydrogen) atoms. The molecule has 67 valence electrons. The lowest BCUT2D eigenvalue weighted by molar-refractivity contribution is -0.0500. The van der Waals surface area contributed by atoms with Crippen LogP contribution in [0.3, 0.4) is 0 Å². The number of nitriles is 1. The highest BCUT2D eigenvalue weighted by molar-refractivity contribution is 5.49. The first-order chi connectivity index (χ1) is 6.15. The third-order valence-electron chi connectivity index (χ3n) is 1.44. The van der Waals surface area contributed by atoms with Crippen molar-refractivity contribution < 1.29 is 13.5 Å². The van der Waals surface area contributed by atoms with Gasteiger partial charge < -0.3 is 4.74 Å². The average molecular weight is 182 g/mol. The van der Waals surface area contributed by atoms with Gasteiger partial charge in [-0.25, -0.2) is 0 Å². The van der Waals surface area contributed by atoms with Gasteiger partial charge in [0.2, 0.25) is 0 Å². The molecule has 0 aliphatic heterocycles. The molecule has 1 aromatic rings. The van der Waals surface area contributed by atoms with E-state index in [0.29, 0.717) is 5.56 Å². The van der Waals surface area contributed by atoms with Crippen LogP contribution in [0.4, 0.5) is 8.78 Å². The summed E-state index contributed by atoms with van der Waals surface area (Å²) in [4.78, 5) is 0. The molecule has 1 rings (SSSR count). The van der Waals surface area contributed by atoms with Crippen molar-refractivity contribution in [2.24, 2.45) is 0 Å². The highest BCUT2D eigenvalue weighted by atomic mass is 19.3. The number of nitrogens with zero attached hydrogens (tertiary/aromatic N) is 1. The summed E-state index contributed by atoms with van der Waals surface area (Å²) in [7, 11) is 0. The average Bonchev–Trinajstić information content (AvgIpc) is 2.03. The van der Waals surface area contributed by atoms with Gasteiger partial charge in [0.15, 0.2) is 0 Å². The largest absolute Gasteiger partial charge is 0.433 e. The minimum absolute atomic E-state index is 0.0443. The number of hydrogen-bond donors (Lipinski definition) is 0. The molecule has 0 bridgehead atoms. The zero-order valence-electron chi connectivity index (χ0n) is 6.63. The molecule has 1 aromatic carbocycles. The van der Waals surface area contributed by atoms with Crippen molar-refractivity contribution in [2.75, 3.05) is 0 Å². The first kappa shape index (κ1) is 9.46. The minimum atomic E-state index is -2.92. The standard InChI is InChI=1S/C9H6F2NO/c1-6-3-2-4-8(7(6)5-12)13-9(10)11/h2-4,9H,1H2. The molecule has 0 aliphatic rings. The normalized spacial score (nSPS) is 9.77. The fraction of sp³-hybridized carbons (Fsp3) is 0.111. The number of alkyl halides is 2. The highest BCUT2D eigenvalue weighted by Crippen LogP contribution is 2.22. The van der Waals surface area contributed by atoms with Crippen LogP contribution in [0.15, 0.2) is 18.2 Å². The topological polar surface area (TPSA) is 33.0 Å². The number of hydrogen-bond acceptors (Lipinski definition) is 2. The Balaban J connectivity index is 3.07. The first-order valence-electron chi connectivity index (χ1n) is 3.45. The van der Waals surface area contributed by atoms with E-state index in [9.17, 15) is 8.78 Å². The van der Waals surface area contributed by atoms with Crippen LogP contribution in [0.5, 0.6) is 5.75 Å². The molecule has 0 aliphatic carbocycles. The summed E-state index contributed by atoms with van der Waals surface area (Å²) in [6, 6.07) is 6.11. The van der Waals surface area contributed by atoms with E-state index < -0.39 is 6.61 Å². The molecule has 1 radical (unpaired) electrons. The van der Waals surface area contributed by atoms with Crippen molar-refractivity contribution in [3.05, 3.63) is 36.2 Å². The van der Waals surface area contributed by atoms with E-state index in [0.717, 1.165) is 0 Å². The second kappa shape index (κ2) is 3.85. The smallest absolute Gasteiger partial charge is 0.387 e. The molecule has 2 nitrogen and oxygen atoms in total. The van der Waals surface area contributed by atoms with Gasteiger partial charge in [0.1, 0.15) is 11.8 Å². The number of rotatable bonds is 2. The summed E-state index contributed by atoms with van der Waals surface area (Å²) in [5, 5.41) is 8.60. The lowest BCUT2D eigenvalue weighted by atomic mass is 10.1. The third-order valence-corrected chi connectivity index (χ3v) is 1.44. The predicted molar refractivity (Wildman–Crippen MR) is 42.2 cm³/mol. The Morgan fingerprint density at radius 3 is 2.69 bits per heavy atom. The zero-order valence-corrected chi connectivity index (χ0v) is 6.63. The van der Waals surface area contributed by atoms with Gasteiger partial charge in [-0.05, 0) is 18.6 Å². The second-order valence-corrected chi connectivity index (χ2v) is 2.28. The van der Waals surface area contributed by atoms with E-state index >= 15 is 0 Å². The van der Waals surface area contributed by atoms with Crippen LogP contribution in [0.2, 0.25) is 0 Å². The molecule has 0 fully saturated rings. The third kappa shape index (κ3) is 2.15. The molecule has 0 saturated heterocycles. The molecule has 0 atom stereocenters. The maximum atomic E-state index is 11.8. The van der Waals surface area contributed by atoms with E-state index in [2.05, 4.69) is 11.7 Å². The molecular formula is C9H6F2NO. The van der Waals surface area contributed by atoms with Crippen LogP contribution >= 0.6 is 0 Å². The number of benzene rings is 1. The Bertz CT molecular complexity index is 344. The van der Waals surface area contributed by atoms with E-state index in [1.807, 2.05) is 0 Å². The van der Waals surface area contributed by atoms with Crippen molar-refractivity contribution in [1.82, 2.24) is 0 Å². The van der Waals surface area contributed by atoms with Crippen molar-refractivity contribution in [3.63, 3.8) is 0 Å². The van der Waals surface area contributed by atoms with E-state index in [1.54, 1.807) is 12.1 Å². The van der Waals surface area contributed by atoms with Crippen LogP contribution in [0.1, 0.15) is 11.1 Å². The van der Waals surface area contributed by atoms with Crippen LogP contribution < -0.4 is 4.74 Å². The number of halogens is 2. The molecule has 0 unspecified atom stereocenters. The van der Waals surface area contributed by atoms with Gasteiger partial charge in [0.25, 0.3) is 0 Å². The fourth-order valence-electron chi connectivity index (χ4n) is 0.898. The summed E-state index contributed by atoms with van der Waals surface area (Å²) < 4.78 is 27.8. The summed E-state index contributed by atoms with van der Waals surface area (Å²) in [5.41, 5.74) is 0.420. The zero-order chi connectivity index (χ0) is 9.84. The van der Waals surface area contributed by atoms with Gasteiger partial charge in [0, 0.05) is 0 Å². The van der Waals surface area contributed by atoms with Gasteiger partial charge in [0.05, 0.1) is 5.56 Å². The van der Waals surface area contributed by atoms with Crippen molar-refractivity contribution in [3.8, 4) is 11.8 Å². The summed E-state index contributed by atoms with van der Waals surface area (Å²) in [6.07, 6.45) is 0. The quantitative estimate of drug-likeness (QED) is 0.703. The van der Waals surface area contributed by atoms with Crippen LogP contribution in [-0.4, -0.2) is 6.61 Å². The highest BCUT2D eigenvalue weighted by Gasteiger charge is 2.10. The van der Waals surface area contributed by atoms with Crippen LogP contribution in [0.25, 0.3) is 0 Å². The van der Waals surface area contributed by atoms with Crippen LogP contribution in [-0.2, 0) is 0 Å². The second-order valence-electron chi connectivity index (χ2n) is 2.28. The Hall–Kier alpha value is -1.63. The Kier molecular flexibility index (Phi) is 2.80. The van der Waals surface area contributed by atoms with Gasteiger partial charge in [-0.15, -0.1) is 0 Å². The molecule has 0 aromatic heterocycles. The first-order valence-corrected chi connectivity index (χ1v) is 3.45. The fourth-order valence-corrected chi connectivity index (χ4v) is 0.898. The minimum Gasteiger partial charge on any atom is -0.433 e. The SMILES string of the molecule is [CH2]c1cccc(OC(F)F)c1C#N. The van der Waals surface area contributed by atoms with Gasteiger partial charge in [-0.1, -0.05) is 12.1 Å². The Labute approximate surface area is 74.4 Å². The summed E-state index contributed by atoms with van der Waals surface area (Å²) in [6.45, 7) is 0.590. The molecule has 0 N–H and O–H groups in total. The molecule has 4 heteroatoms. The Morgan fingerprint density at radius 1 is 1.46 bits per heavy atom. The van der Waals surface area contributed by atoms with Gasteiger partial charge >= 0.3 is 6.61 Å². The maximum absolute atomic E-state index is 11.8. The van der Waals surface area contributed by atoms with Crippen molar-refractivity contribution in [1.29, 1.82) is 5.26 Å². The molecule has 0 heterocycles. The van der Waals surface area contributed by atoms with Crippen LogP contribution in [0, 0.1) is 18.3 Å². The van der Waals surface area contributed by atoms with E-state index in [-0.39, 0.29) is 11.3 Å². The van der Waals surface area contributed by atoms with Crippen molar-refractivity contribution >= 4 is 0 Å². The molecule has 0 saturated carbocycles. The maximum Gasteiger partial charge on any atom is 0.387 e. The summed E-state index contributed by atoms with van der Waals surface area (Å²) >= 11 is 0. The Morgan fingerprint density at radius 2 is 2.15 bits per heavy atom. The van der Waals surface area contributed by atoms with E-state index in [1.165, 1.54) is 12.1 Å². The van der Waals surface area contributed by atoms with E-state index in [4.69, 9.17) is 5.26 Å². The lowest BCUT2D eigenvalue weighted by Gasteiger charge is -2.06. The van der Waals surface area contributed by atoms with Gasteiger partial charge in [-0.2, -0.15) is 14.0 Å². The molecule has 0 spiro atoms. The lowest BCUT2D eigenvalue weighted by Crippen LogP contribution is -2.04.